The van der Waals surface area contributed by atoms with Gasteiger partial charge in [0.15, 0.2) is 0 Å². The van der Waals surface area contributed by atoms with Gasteiger partial charge in [0.05, 0.1) is 0 Å². The molecule has 0 aromatic heterocycles. The van der Waals surface area contributed by atoms with E-state index in [1.54, 1.807) is 0 Å². The van der Waals surface area contributed by atoms with Crippen molar-refractivity contribution < 1.29 is 0 Å². The largest absolute Gasteiger partial charge is 0.0758 e. The van der Waals surface area contributed by atoms with Crippen molar-refractivity contribution in [1.82, 2.24) is 0 Å². The first-order chi connectivity index (χ1) is 11.4. The van der Waals surface area contributed by atoms with E-state index < -0.39 is 0 Å². The fourth-order valence-corrected chi connectivity index (χ4v) is 2.89. The van der Waals surface area contributed by atoms with Crippen LogP contribution >= 0.6 is 0 Å². The van der Waals surface area contributed by atoms with E-state index in [4.69, 9.17) is 0 Å². The van der Waals surface area contributed by atoms with Crippen molar-refractivity contribution in [2.24, 2.45) is 5.92 Å². The Balaban J connectivity index is 2.51. The highest BCUT2D eigenvalue weighted by Crippen LogP contribution is 2.29. The first-order valence-corrected chi connectivity index (χ1v) is 9.29. The van der Waals surface area contributed by atoms with Crippen molar-refractivity contribution in [2.45, 2.75) is 59.8 Å². The first-order valence-electron chi connectivity index (χ1n) is 9.29. The molecule has 2 aromatic carbocycles. The molecule has 0 heteroatoms. The van der Waals surface area contributed by atoms with Gasteiger partial charge in [-0.25, -0.2) is 0 Å². The molecule has 2 rings (SSSR count). The molecule has 0 radical (unpaired) electrons. The first kappa shape index (κ1) is 18.5. The molecule has 0 unspecified atom stereocenters. The minimum Gasteiger partial charge on any atom is -0.0758 e. The number of rotatable bonds is 6. The van der Waals surface area contributed by atoms with Crippen LogP contribution in [0.4, 0.5) is 0 Å². The summed E-state index contributed by atoms with van der Waals surface area (Å²) >= 11 is 0. The summed E-state index contributed by atoms with van der Waals surface area (Å²) in [7, 11) is 0. The Hall–Kier alpha value is -1.82. The maximum absolute atomic E-state index is 2.42. The summed E-state index contributed by atoms with van der Waals surface area (Å²) in [6, 6.07) is 18.1. The number of hydrogen-bond donors (Lipinski definition) is 0. The molecule has 0 spiro atoms. The van der Waals surface area contributed by atoms with Crippen LogP contribution < -0.4 is 0 Å². The molecule has 24 heavy (non-hydrogen) atoms. The van der Waals surface area contributed by atoms with E-state index in [0.29, 0.717) is 17.8 Å². The molecule has 0 saturated heterocycles. The summed E-state index contributed by atoms with van der Waals surface area (Å²) in [5.41, 5.74) is 6.85. The molecule has 0 saturated carbocycles. The summed E-state index contributed by atoms with van der Waals surface area (Å²) in [5.74, 6) is 1.78. The molecule has 0 atom stereocenters. The monoisotopic (exact) mass is 320 g/mol. The van der Waals surface area contributed by atoms with Gasteiger partial charge < -0.3 is 0 Å². The van der Waals surface area contributed by atoms with Crippen LogP contribution in [0.1, 0.15) is 82.1 Å². The summed E-state index contributed by atoms with van der Waals surface area (Å²) in [5, 5.41) is 0. The average Bonchev–Trinajstić information content (AvgIpc) is 2.55. The molecule has 0 aliphatic rings. The molecule has 0 fully saturated rings. The Morgan fingerprint density at radius 2 is 1.21 bits per heavy atom. The highest BCUT2D eigenvalue weighted by Gasteiger charge is 2.09. The van der Waals surface area contributed by atoms with Gasteiger partial charge in [0.2, 0.25) is 0 Å². The molecule has 0 heterocycles. The van der Waals surface area contributed by atoms with Crippen LogP contribution in [0.25, 0.3) is 5.57 Å². The van der Waals surface area contributed by atoms with Gasteiger partial charge in [-0.05, 0) is 52.0 Å². The number of allylic oxidation sites excluding steroid dienone is 1. The zero-order valence-electron chi connectivity index (χ0n) is 16.1. The highest BCUT2D eigenvalue weighted by molar-refractivity contribution is 5.80. The summed E-state index contributed by atoms with van der Waals surface area (Å²) < 4.78 is 0. The van der Waals surface area contributed by atoms with Crippen molar-refractivity contribution in [3.8, 4) is 0 Å². The molecule has 0 N–H and O–H groups in total. The Morgan fingerprint density at radius 3 is 1.58 bits per heavy atom. The van der Waals surface area contributed by atoms with Gasteiger partial charge >= 0.3 is 0 Å². The van der Waals surface area contributed by atoms with Crippen molar-refractivity contribution in [3.63, 3.8) is 0 Å². The van der Waals surface area contributed by atoms with Crippen LogP contribution in [0.2, 0.25) is 0 Å². The van der Waals surface area contributed by atoms with Gasteiger partial charge in [-0.15, -0.1) is 0 Å². The van der Waals surface area contributed by atoms with Gasteiger partial charge in [-0.1, -0.05) is 96.1 Å². The van der Waals surface area contributed by atoms with Crippen LogP contribution in [0, 0.1) is 5.92 Å². The molecule has 0 aliphatic carbocycles. The maximum atomic E-state index is 2.42. The molecular weight excluding hydrogens is 288 g/mol. The minimum absolute atomic E-state index is 0.554. The van der Waals surface area contributed by atoms with Crippen LogP contribution in [0.3, 0.4) is 0 Å². The van der Waals surface area contributed by atoms with Crippen molar-refractivity contribution in [1.29, 1.82) is 0 Å². The summed E-state index contributed by atoms with van der Waals surface area (Å²) in [4.78, 5) is 0. The fraction of sp³-hybridized carbons (Fsp3) is 0.417. The molecule has 0 bridgehead atoms. The van der Waals surface area contributed by atoms with Crippen LogP contribution in [-0.2, 0) is 0 Å². The molecule has 2 aromatic rings. The number of benzene rings is 2. The quantitative estimate of drug-likeness (QED) is 0.519. The summed E-state index contributed by atoms with van der Waals surface area (Å²) in [6.07, 6.45) is 3.52. The number of hydrogen-bond acceptors (Lipinski definition) is 0. The van der Waals surface area contributed by atoms with Gasteiger partial charge in [0, 0.05) is 0 Å². The highest BCUT2D eigenvalue weighted by atomic mass is 14.1. The Labute approximate surface area is 148 Å². The average molecular weight is 321 g/mol. The van der Waals surface area contributed by atoms with Gasteiger partial charge in [0.1, 0.15) is 0 Å². The third-order valence-electron chi connectivity index (χ3n) is 4.52. The topological polar surface area (TPSA) is 0 Å². The smallest absolute Gasteiger partial charge is 0.0151 e. The summed E-state index contributed by atoms with van der Waals surface area (Å²) in [6.45, 7) is 13.6. The standard InChI is InChI=1S/C24H32/c1-17(2)13-14-24(22-11-7-9-20(15-22)18(3)4)23-12-8-10-21(16-23)19(5)6/h7-12,14-19H,13H2,1-6H3. The van der Waals surface area contributed by atoms with Crippen LogP contribution in [-0.4, -0.2) is 0 Å². The van der Waals surface area contributed by atoms with E-state index in [9.17, 15) is 0 Å². The van der Waals surface area contributed by atoms with Crippen LogP contribution in [0.15, 0.2) is 54.6 Å². The zero-order valence-corrected chi connectivity index (χ0v) is 16.1. The second-order valence-corrected chi connectivity index (χ2v) is 7.81. The normalized spacial score (nSPS) is 11.4. The Bertz CT molecular complexity index is 633. The third-order valence-corrected chi connectivity index (χ3v) is 4.52. The van der Waals surface area contributed by atoms with Crippen molar-refractivity contribution >= 4 is 5.57 Å². The van der Waals surface area contributed by atoms with Gasteiger partial charge in [-0.3, -0.25) is 0 Å². The third kappa shape index (κ3) is 4.84. The second kappa shape index (κ2) is 8.33. The Kier molecular flexibility index (Phi) is 6.43. The lowest BCUT2D eigenvalue weighted by Crippen LogP contribution is -1.96. The van der Waals surface area contributed by atoms with E-state index in [1.165, 1.54) is 27.8 Å². The molecule has 0 aliphatic heterocycles. The fourth-order valence-electron chi connectivity index (χ4n) is 2.89. The van der Waals surface area contributed by atoms with Gasteiger partial charge in [0.25, 0.3) is 0 Å². The Morgan fingerprint density at radius 1 is 0.750 bits per heavy atom. The van der Waals surface area contributed by atoms with Crippen LogP contribution in [0.5, 0.6) is 0 Å². The van der Waals surface area contributed by atoms with E-state index in [2.05, 4.69) is 96.1 Å². The van der Waals surface area contributed by atoms with E-state index in [-0.39, 0.29) is 0 Å². The lowest BCUT2D eigenvalue weighted by atomic mass is 9.90. The molecule has 0 nitrogen and oxygen atoms in total. The maximum Gasteiger partial charge on any atom is -0.0151 e. The van der Waals surface area contributed by atoms with Crippen molar-refractivity contribution in [2.75, 3.05) is 0 Å². The molecular formula is C24H32. The minimum atomic E-state index is 0.554. The predicted molar refractivity (Wildman–Crippen MR) is 108 cm³/mol. The van der Waals surface area contributed by atoms with E-state index >= 15 is 0 Å². The zero-order chi connectivity index (χ0) is 17.7. The molecule has 128 valence electrons. The molecule has 0 amide bonds. The SMILES string of the molecule is CC(C)CC=C(c1cccc(C(C)C)c1)c1cccc(C(C)C)c1. The lowest BCUT2D eigenvalue weighted by molar-refractivity contribution is 0.664. The predicted octanol–water partition coefficient (Wildman–Crippen LogP) is 7.41. The second-order valence-electron chi connectivity index (χ2n) is 7.81. The van der Waals surface area contributed by atoms with E-state index in [1.807, 2.05) is 0 Å². The van der Waals surface area contributed by atoms with E-state index in [0.717, 1.165) is 6.42 Å². The van der Waals surface area contributed by atoms with Gasteiger partial charge in [-0.2, -0.15) is 0 Å². The van der Waals surface area contributed by atoms with Crippen molar-refractivity contribution in [3.05, 3.63) is 76.9 Å². The lowest BCUT2D eigenvalue weighted by Gasteiger charge is -2.15.